The van der Waals surface area contributed by atoms with Crippen LogP contribution in [0.25, 0.3) is 0 Å². The van der Waals surface area contributed by atoms with Crippen LogP contribution in [0.15, 0.2) is 11.6 Å². The van der Waals surface area contributed by atoms with Crippen LogP contribution in [-0.2, 0) is 4.74 Å². The van der Waals surface area contributed by atoms with Crippen molar-refractivity contribution in [2.75, 3.05) is 26.2 Å². The highest BCUT2D eigenvalue weighted by Crippen LogP contribution is 2.67. The van der Waals surface area contributed by atoms with Gasteiger partial charge in [0.05, 0.1) is 0 Å². The van der Waals surface area contributed by atoms with Gasteiger partial charge in [-0.2, -0.15) is 0 Å². The fourth-order valence-electron chi connectivity index (χ4n) is 10.00. The molecule has 8 atom stereocenters. The Morgan fingerprint density at radius 3 is 2.26 bits per heavy atom. The Labute approximate surface area is 262 Å². The van der Waals surface area contributed by atoms with Gasteiger partial charge in [0.15, 0.2) is 0 Å². The SMILES string of the molecule is CC(C)CCCC(C)C1CCC2C3CC=C4CC(OC(=O)N(CCNC(N)N)CCNC(N)N)CCC4(C)C3CCC12C. The van der Waals surface area contributed by atoms with E-state index in [1.54, 1.807) is 4.90 Å². The number of nitrogens with two attached hydrogens (primary N) is 4. The summed E-state index contributed by atoms with van der Waals surface area (Å²) in [6, 6.07) is 0. The van der Waals surface area contributed by atoms with Gasteiger partial charge in [0.1, 0.15) is 18.7 Å². The Kier molecular flexibility index (Phi) is 12.0. The number of rotatable bonds is 14. The molecule has 0 heterocycles. The van der Waals surface area contributed by atoms with E-state index in [9.17, 15) is 4.79 Å². The van der Waals surface area contributed by atoms with Gasteiger partial charge in [-0.25, -0.2) is 4.79 Å². The number of amides is 1. The minimum Gasteiger partial charge on any atom is -0.446 e. The van der Waals surface area contributed by atoms with E-state index in [0.717, 1.165) is 54.8 Å². The largest absolute Gasteiger partial charge is 0.446 e. The summed E-state index contributed by atoms with van der Waals surface area (Å²) in [6.07, 6.45) is 14.7. The predicted octanol–water partition coefficient (Wildman–Crippen LogP) is 4.42. The van der Waals surface area contributed by atoms with Crippen LogP contribution < -0.4 is 33.6 Å². The summed E-state index contributed by atoms with van der Waals surface area (Å²) in [6.45, 7) is 14.3. The molecule has 8 unspecified atom stereocenters. The van der Waals surface area contributed by atoms with Crippen LogP contribution in [0.1, 0.15) is 105 Å². The van der Waals surface area contributed by atoms with E-state index in [1.165, 1.54) is 56.9 Å². The van der Waals surface area contributed by atoms with Crippen LogP contribution in [0, 0.1) is 46.3 Å². The summed E-state index contributed by atoms with van der Waals surface area (Å²) in [4.78, 5) is 15.0. The van der Waals surface area contributed by atoms with Crippen molar-refractivity contribution in [1.29, 1.82) is 0 Å². The Balaban J connectivity index is 1.37. The molecular weight excluding hydrogens is 538 g/mol. The molecular formula is C34H65N7O2. The van der Waals surface area contributed by atoms with Crippen molar-refractivity contribution in [3.63, 3.8) is 0 Å². The van der Waals surface area contributed by atoms with E-state index in [1.807, 2.05) is 0 Å². The number of carbonyl (C=O) groups is 1. The van der Waals surface area contributed by atoms with E-state index in [0.29, 0.717) is 31.6 Å². The average molecular weight is 604 g/mol. The Hall–Kier alpha value is -1.23. The molecule has 9 heteroatoms. The van der Waals surface area contributed by atoms with Gasteiger partial charge in [-0.1, -0.05) is 65.5 Å². The van der Waals surface area contributed by atoms with Crippen molar-refractivity contribution in [2.45, 2.75) is 124 Å². The molecule has 4 rings (SSSR count). The first-order valence-corrected chi connectivity index (χ1v) is 17.5. The molecule has 0 saturated heterocycles. The molecule has 3 fully saturated rings. The third-order valence-electron chi connectivity index (χ3n) is 12.3. The number of hydrogen-bond donors (Lipinski definition) is 6. The molecule has 248 valence electrons. The minimum absolute atomic E-state index is 0.0864. The maximum Gasteiger partial charge on any atom is 0.410 e. The maximum absolute atomic E-state index is 13.3. The summed E-state index contributed by atoms with van der Waals surface area (Å²) in [5.74, 6) is 4.95. The number of hydrogen-bond acceptors (Lipinski definition) is 8. The molecule has 9 nitrogen and oxygen atoms in total. The Morgan fingerprint density at radius 1 is 0.953 bits per heavy atom. The van der Waals surface area contributed by atoms with Gasteiger partial charge in [0.2, 0.25) is 0 Å². The summed E-state index contributed by atoms with van der Waals surface area (Å²) >= 11 is 0. The lowest BCUT2D eigenvalue weighted by atomic mass is 9.47. The normalized spacial score (nSPS) is 34.5. The standard InChI is InChI=1S/C34H65N7O2/c1-22(2)7-6-8-23(3)27-11-12-28-26-10-9-24-21-25(13-15-33(24,4)29(26)14-16-34(27,28)5)43-32(42)41(19-17-39-30(35)36)20-18-40-31(37)38/h9,22-23,25-31,39-40H,6-8,10-21,35-38H2,1-5H3. The third-order valence-corrected chi connectivity index (χ3v) is 12.3. The zero-order valence-corrected chi connectivity index (χ0v) is 28.0. The summed E-state index contributed by atoms with van der Waals surface area (Å²) in [5.41, 5.74) is 24.8. The smallest absolute Gasteiger partial charge is 0.410 e. The number of fused-ring (bicyclic) bond motifs is 5. The maximum atomic E-state index is 13.3. The molecule has 0 bridgehead atoms. The number of ether oxygens (including phenoxy) is 1. The van der Waals surface area contributed by atoms with Crippen molar-refractivity contribution in [2.24, 2.45) is 69.3 Å². The minimum atomic E-state index is -0.627. The van der Waals surface area contributed by atoms with Crippen LogP contribution in [0.4, 0.5) is 4.79 Å². The summed E-state index contributed by atoms with van der Waals surface area (Å²) < 4.78 is 6.14. The quantitative estimate of drug-likeness (QED) is 0.126. The summed E-state index contributed by atoms with van der Waals surface area (Å²) in [5, 5.41) is 5.94. The topological polar surface area (TPSA) is 158 Å². The van der Waals surface area contributed by atoms with E-state index >= 15 is 0 Å². The number of nitrogens with zero attached hydrogens (tertiary/aromatic N) is 1. The highest BCUT2D eigenvalue weighted by Gasteiger charge is 2.59. The molecule has 0 aliphatic heterocycles. The van der Waals surface area contributed by atoms with E-state index < -0.39 is 12.6 Å². The first kappa shape index (κ1) is 34.6. The summed E-state index contributed by atoms with van der Waals surface area (Å²) in [7, 11) is 0. The van der Waals surface area contributed by atoms with Crippen LogP contribution in [0.2, 0.25) is 0 Å². The number of carbonyl (C=O) groups excluding carboxylic acids is 1. The van der Waals surface area contributed by atoms with E-state index in [4.69, 9.17) is 27.7 Å². The van der Waals surface area contributed by atoms with Crippen LogP contribution >= 0.6 is 0 Å². The first-order valence-electron chi connectivity index (χ1n) is 17.5. The molecule has 4 aliphatic carbocycles. The molecule has 0 aromatic heterocycles. The van der Waals surface area contributed by atoms with E-state index in [2.05, 4.69) is 51.3 Å². The molecule has 4 aliphatic rings. The zero-order chi connectivity index (χ0) is 31.4. The molecule has 3 saturated carbocycles. The lowest BCUT2D eigenvalue weighted by molar-refractivity contribution is -0.0593. The zero-order valence-electron chi connectivity index (χ0n) is 28.0. The highest BCUT2D eigenvalue weighted by molar-refractivity contribution is 5.68. The van der Waals surface area contributed by atoms with Gasteiger partial charge >= 0.3 is 6.09 Å². The molecule has 0 radical (unpaired) electrons. The van der Waals surface area contributed by atoms with Crippen LogP contribution in [0.5, 0.6) is 0 Å². The van der Waals surface area contributed by atoms with Crippen molar-refractivity contribution in [3.8, 4) is 0 Å². The Morgan fingerprint density at radius 2 is 1.63 bits per heavy atom. The fraction of sp³-hybridized carbons (Fsp3) is 0.912. The molecule has 10 N–H and O–H groups in total. The molecule has 0 spiro atoms. The Bertz CT molecular complexity index is 928. The average Bonchev–Trinajstić information content (AvgIpc) is 3.29. The second-order valence-electron chi connectivity index (χ2n) is 15.5. The first-order chi connectivity index (χ1) is 20.3. The second-order valence-corrected chi connectivity index (χ2v) is 15.5. The van der Waals surface area contributed by atoms with Gasteiger partial charge in [-0.3, -0.25) is 10.6 Å². The number of allylic oxidation sites excluding steroid dienone is 1. The number of nitrogens with one attached hydrogen (secondary N) is 2. The van der Waals surface area contributed by atoms with Crippen molar-refractivity contribution >= 4 is 6.09 Å². The van der Waals surface area contributed by atoms with Gasteiger partial charge in [-0.15, -0.1) is 0 Å². The molecule has 0 aromatic carbocycles. The van der Waals surface area contributed by atoms with Crippen molar-refractivity contribution < 1.29 is 9.53 Å². The van der Waals surface area contributed by atoms with Crippen molar-refractivity contribution in [3.05, 3.63) is 11.6 Å². The van der Waals surface area contributed by atoms with Gasteiger partial charge in [-0.05, 0) is 91.3 Å². The van der Waals surface area contributed by atoms with Crippen molar-refractivity contribution in [1.82, 2.24) is 15.5 Å². The molecule has 0 aromatic rings. The van der Waals surface area contributed by atoms with Gasteiger partial charge in [0, 0.05) is 32.6 Å². The third kappa shape index (κ3) is 8.14. The van der Waals surface area contributed by atoms with Gasteiger partial charge < -0.3 is 32.6 Å². The van der Waals surface area contributed by atoms with Crippen LogP contribution in [0.3, 0.4) is 0 Å². The second kappa shape index (κ2) is 14.9. The van der Waals surface area contributed by atoms with Crippen LogP contribution in [-0.4, -0.2) is 55.9 Å². The molecule has 43 heavy (non-hydrogen) atoms. The van der Waals surface area contributed by atoms with Gasteiger partial charge in [0.25, 0.3) is 0 Å². The monoisotopic (exact) mass is 604 g/mol. The highest BCUT2D eigenvalue weighted by atomic mass is 16.6. The lowest BCUT2D eigenvalue weighted by Crippen LogP contribution is -2.52. The fourth-order valence-corrected chi connectivity index (χ4v) is 10.00. The molecule has 1 amide bonds. The lowest BCUT2D eigenvalue weighted by Gasteiger charge is -2.58. The van der Waals surface area contributed by atoms with E-state index in [-0.39, 0.29) is 17.6 Å². The predicted molar refractivity (Wildman–Crippen MR) is 175 cm³/mol.